The predicted octanol–water partition coefficient (Wildman–Crippen LogP) is 8.78. The third-order valence-corrected chi connectivity index (χ3v) is 17.6. The van der Waals surface area contributed by atoms with Crippen LogP contribution in [0.2, 0.25) is 36.3 Å². The summed E-state index contributed by atoms with van der Waals surface area (Å²) in [5.74, 6) is 0.706. The largest absolute Gasteiger partial charge is 0.414 e. The normalized spacial score (nSPS) is 26.2. The van der Waals surface area contributed by atoms with Crippen molar-refractivity contribution in [2.75, 3.05) is 0 Å². The Morgan fingerprint density at radius 1 is 0.793 bits per heavy atom. The second kappa shape index (κ2) is 9.46. The first-order valence-electron chi connectivity index (χ1n) is 12.3. The minimum absolute atomic E-state index is 0.272. The van der Waals surface area contributed by atoms with E-state index >= 15 is 0 Å². The molecule has 1 rings (SSSR count). The van der Waals surface area contributed by atoms with E-state index < -0.39 is 16.6 Å². The average molecular weight is 443 g/mol. The summed E-state index contributed by atoms with van der Waals surface area (Å²) in [5.41, 5.74) is 0.369. The smallest absolute Gasteiger partial charge is 0.192 e. The summed E-state index contributed by atoms with van der Waals surface area (Å²) >= 11 is 0. The highest BCUT2D eigenvalue weighted by molar-refractivity contribution is 6.74. The van der Waals surface area contributed by atoms with Gasteiger partial charge in [-0.1, -0.05) is 68.7 Å². The summed E-state index contributed by atoms with van der Waals surface area (Å²) in [6, 6.07) is 0. The van der Waals surface area contributed by atoms with Crippen molar-refractivity contribution in [1.82, 2.24) is 0 Å². The van der Waals surface area contributed by atoms with Gasteiger partial charge < -0.3 is 8.85 Å². The Morgan fingerprint density at radius 2 is 1.24 bits per heavy atom. The third-order valence-electron chi connectivity index (χ3n) is 8.56. The molecule has 0 unspecified atom stereocenters. The van der Waals surface area contributed by atoms with Crippen molar-refractivity contribution >= 4 is 16.6 Å². The molecule has 1 fully saturated rings. The Bertz CT molecular complexity index is 508. The molecule has 0 radical (unpaired) electrons. The van der Waals surface area contributed by atoms with Gasteiger partial charge in [-0.2, -0.15) is 0 Å². The summed E-state index contributed by atoms with van der Waals surface area (Å²) in [5, 5.41) is 0.552. The van der Waals surface area contributed by atoms with Crippen molar-refractivity contribution < 1.29 is 8.85 Å². The molecule has 0 bridgehead atoms. The Kier molecular flexibility index (Phi) is 8.94. The minimum Gasteiger partial charge on any atom is -0.414 e. The van der Waals surface area contributed by atoms with Gasteiger partial charge in [0.05, 0.1) is 6.10 Å². The zero-order valence-electron chi connectivity index (χ0n) is 22.3. The van der Waals surface area contributed by atoms with Crippen LogP contribution in [0, 0.1) is 11.3 Å². The van der Waals surface area contributed by atoms with Crippen LogP contribution < -0.4 is 0 Å². The maximum atomic E-state index is 7.04. The lowest BCUT2D eigenvalue weighted by molar-refractivity contribution is -0.103. The van der Waals surface area contributed by atoms with Gasteiger partial charge in [-0.25, -0.2) is 0 Å². The van der Waals surface area contributed by atoms with Gasteiger partial charge in [0.25, 0.3) is 0 Å². The maximum absolute atomic E-state index is 7.04. The van der Waals surface area contributed by atoms with Crippen LogP contribution in [0.4, 0.5) is 0 Å². The average Bonchev–Trinajstić information content (AvgIpc) is 2.51. The Labute approximate surface area is 186 Å². The van der Waals surface area contributed by atoms with Gasteiger partial charge in [0.15, 0.2) is 16.6 Å². The van der Waals surface area contributed by atoms with E-state index in [0.717, 1.165) is 12.8 Å². The van der Waals surface area contributed by atoms with Gasteiger partial charge in [0.2, 0.25) is 0 Å². The van der Waals surface area contributed by atoms with Crippen molar-refractivity contribution in [3.8, 4) is 0 Å². The lowest BCUT2D eigenvalue weighted by atomic mass is 9.55. The molecule has 4 heteroatoms. The van der Waals surface area contributed by atoms with E-state index in [-0.39, 0.29) is 10.1 Å². The van der Waals surface area contributed by atoms with E-state index in [1.165, 1.54) is 25.7 Å². The second-order valence-electron chi connectivity index (χ2n) is 12.9. The van der Waals surface area contributed by atoms with Crippen LogP contribution in [0.15, 0.2) is 0 Å². The summed E-state index contributed by atoms with van der Waals surface area (Å²) in [6.45, 7) is 30.8. The zero-order chi connectivity index (χ0) is 22.9. The van der Waals surface area contributed by atoms with Crippen molar-refractivity contribution in [1.29, 1.82) is 0 Å². The fourth-order valence-corrected chi connectivity index (χ4v) is 7.57. The number of rotatable bonds is 10. The standard InChI is InChI=1S/C25H54O2Si2/c1-14-17-25(22(16-3)27-29(12,13)24(7,8)9)18-20(19-25)21(15-2)26-28(10,11)23(4,5)6/h20-22H,14-19H2,1-13H3/t20?,21-,22-,25?/m0/s1. The molecular formula is C25H54O2Si2. The van der Waals surface area contributed by atoms with Gasteiger partial charge in [-0.05, 0) is 79.7 Å². The van der Waals surface area contributed by atoms with E-state index in [2.05, 4.69) is 88.5 Å². The van der Waals surface area contributed by atoms with E-state index in [9.17, 15) is 0 Å². The molecule has 0 aliphatic heterocycles. The first-order valence-corrected chi connectivity index (χ1v) is 18.1. The van der Waals surface area contributed by atoms with Gasteiger partial charge in [-0.15, -0.1) is 0 Å². The Morgan fingerprint density at radius 3 is 1.59 bits per heavy atom. The molecule has 0 N–H and O–H groups in total. The van der Waals surface area contributed by atoms with Gasteiger partial charge >= 0.3 is 0 Å². The molecule has 1 saturated carbocycles. The van der Waals surface area contributed by atoms with Crippen LogP contribution in [-0.4, -0.2) is 28.8 Å². The lowest BCUT2D eigenvalue weighted by Crippen LogP contribution is -2.56. The molecule has 0 aromatic rings. The lowest BCUT2D eigenvalue weighted by Gasteiger charge is -2.57. The molecule has 0 aromatic carbocycles. The predicted molar refractivity (Wildman–Crippen MR) is 135 cm³/mol. The molecule has 0 spiro atoms. The van der Waals surface area contributed by atoms with Crippen LogP contribution in [0.1, 0.15) is 101 Å². The Hall–Kier alpha value is 0.354. The van der Waals surface area contributed by atoms with Crippen LogP contribution in [0.3, 0.4) is 0 Å². The van der Waals surface area contributed by atoms with Crippen molar-refractivity contribution in [2.24, 2.45) is 11.3 Å². The van der Waals surface area contributed by atoms with E-state index in [1.807, 2.05) is 0 Å². The van der Waals surface area contributed by atoms with E-state index in [1.54, 1.807) is 0 Å². The number of hydrogen-bond acceptors (Lipinski definition) is 2. The van der Waals surface area contributed by atoms with E-state index in [4.69, 9.17) is 8.85 Å². The summed E-state index contributed by atoms with van der Waals surface area (Å²) in [4.78, 5) is 0. The van der Waals surface area contributed by atoms with Gasteiger partial charge in [0, 0.05) is 6.10 Å². The van der Waals surface area contributed by atoms with Gasteiger partial charge in [-0.3, -0.25) is 0 Å². The van der Waals surface area contributed by atoms with E-state index in [0.29, 0.717) is 23.5 Å². The zero-order valence-corrected chi connectivity index (χ0v) is 24.3. The monoisotopic (exact) mass is 442 g/mol. The minimum atomic E-state index is -1.76. The molecule has 2 atom stereocenters. The fraction of sp³-hybridized carbons (Fsp3) is 1.00. The molecule has 2 nitrogen and oxygen atoms in total. The second-order valence-corrected chi connectivity index (χ2v) is 22.4. The van der Waals surface area contributed by atoms with Crippen LogP contribution in [0.5, 0.6) is 0 Å². The molecule has 174 valence electrons. The number of hydrogen-bond donors (Lipinski definition) is 0. The molecule has 0 saturated heterocycles. The molecule has 1 aliphatic carbocycles. The molecule has 29 heavy (non-hydrogen) atoms. The van der Waals surface area contributed by atoms with Crippen LogP contribution in [-0.2, 0) is 8.85 Å². The topological polar surface area (TPSA) is 18.5 Å². The quantitative estimate of drug-likeness (QED) is 0.315. The molecule has 0 amide bonds. The molecular weight excluding hydrogens is 388 g/mol. The molecule has 0 aromatic heterocycles. The van der Waals surface area contributed by atoms with Crippen LogP contribution in [0.25, 0.3) is 0 Å². The first kappa shape index (κ1) is 27.4. The summed E-state index contributed by atoms with van der Waals surface area (Å²) < 4.78 is 13.9. The van der Waals surface area contributed by atoms with Crippen molar-refractivity contribution in [2.45, 2.75) is 149 Å². The SMILES string of the molecule is CCCC1([C@H](CC)O[Si](C)(C)C(C)(C)C)CC([C@H](CC)O[Si](C)(C)C(C)(C)C)C1. The highest BCUT2D eigenvalue weighted by Gasteiger charge is 2.54. The van der Waals surface area contributed by atoms with Gasteiger partial charge in [0.1, 0.15) is 0 Å². The fourth-order valence-electron chi connectivity index (χ4n) is 4.62. The van der Waals surface area contributed by atoms with Crippen LogP contribution >= 0.6 is 0 Å². The third kappa shape index (κ3) is 6.20. The van der Waals surface area contributed by atoms with Crippen molar-refractivity contribution in [3.05, 3.63) is 0 Å². The summed E-state index contributed by atoms with van der Waals surface area (Å²) in [6.07, 6.45) is 8.24. The molecule has 0 heterocycles. The Balaban J connectivity index is 2.97. The molecule has 1 aliphatic rings. The highest BCUT2D eigenvalue weighted by Crippen LogP contribution is 2.57. The first-order chi connectivity index (χ1) is 13.0. The highest BCUT2D eigenvalue weighted by atomic mass is 28.4. The summed E-state index contributed by atoms with van der Waals surface area (Å²) in [7, 11) is -3.48. The maximum Gasteiger partial charge on any atom is 0.192 e. The van der Waals surface area contributed by atoms with Crippen molar-refractivity contribution in [3.63, 3.8) is 0 Å².